The van der Waals surface area contributed by atoms with Crippen LogP contribution in [-0.4, -0.2) is 17.8 Å². The summed E-state index contributed by atoms with van der Waals surface area (Å²) in [5, 5.41) is 8.82. The normalized spacial score (nSPS) is 24.6. The molecule has 1 atom stereocenters. The van der Waals surface area contributed by atoms with Gasteiger partial charge in [-0.15, -0.1) is 0 Å². The highest BCUT2D eigenvalue weighted by Crippen LogP contribution is 2.24. The van der Waals surface area contributed by atoms with Crippen molar-refractivity contribution in [2.45, 2.75) is 38.1 Å². The van der Waals surface area contributed by atoms with E-state index in [1.54, 1.807) is 0 Å². The van der Waals surface area contributed by atoms with Crippen LogP contribution in [0.1, 0.15) is 32.1 Å². The van der Waals surface area contributed by atoms with Gasteiger partial charge in [0, 0.05) is 5.92 Å². The number of rotatable bonds is 2. The van der Waals surface area contributed by atoms with E-state index in [0.29, 0.717) is 12.0 Å². The van der Waals surface area contributed by atoms with Crippen LogP contribution >= 0.6 is 0 Å². The third kappa shape index (κ3) is 1.96. The highest BCUT2D eigenvalue weighted by molar-refractivity contribution is 4.71. The number of hydrogen-bond donors (Lipinski definition) is 2. The maximum Gasteiger partial charge on any atom is 0.111 e. The van der Waals surface area contributed by atoms with E-state index in [4.69, 9.17) is 5.11 Å². The van der Waals surface area contributed by atoms with Gasteiger partial charge in [-0.1, -0.05) is 19.3 Å². The maximum absolute atomic E-state index is 8.82. The Hall–Kier alpha value is -0.0800. The molecule has 1 rings (SSSR count). The van der Waals surface area contributed by atoms with E-state index >= 15 is 0 Å². The second kappa shape index (κ2) is 3.94. The van der Waals surface area contributed by atoms with Gasteiger partial charge in [0.15, 0.2) is 0 Å². The zero-order valence-corrected chi connectivity index (χ0v) is 6.55. The van der Waals surface area contributed by atoms with Crippen molar-refractivity contribution in [1.82, 2.24) is 0 Å². The molecule has 0 saturated heterocycles. The summed E-state index contributed by atoms with van der Waals surface area (Å²) in [4.78, 5) is 0. The van der Waals surface area contributed by atoms with E-state index in [1.807, 2.05) is 0 Å². The van der Waals surface area contributed by atoms with Crippen LogP contribution in [0, 0.1) is 5.92 Å². The van der Waals surface area contributed by atoms with E-state index in [-0.39, 0.29) is 6.61 Å². The van der Waals surface area contributed by atoms with Crippen molar-refractivity contribution in [3.8, 4) is 0 Å². The molecule has 60 valence electrons. The summed E-state index contributed by atoms with van der Waals surface area (Å²) >= 11 is 0. The second-order valence-corrected chi connectivity index (χ2v) is 3.34. The second-order valence-electron chi connectivity index (χ2n) is 3.34. The van der Waals surface area contributed by atoms with E-state index in [0.717, 1.165) is 0 Å². The van der Waals surface area contributed by atoms with Gasteiger partial charge >= 0.3 is 0 Å². The van der Waals surface area contributed by atoms with Crippen molar-refractivity contribution in [3.63, 3.8) is 0 Å². The highest BCUT2D eigenvalue weighted by Gasteiger charge is 2.21. The fraction of sp³-hybridized carbons (Fsp3) is 1.00. The molecule has 1 fully saturated rings. The highest BCUT2D eigenvalue weighted by atomic mass is 16.3. The first-order chi connectivity index (χ1) is 4.84. The summed E-state index contributed by atoms with van der Waals surface area (Å²) in [5.41, 5.74) is 3.93. The third-order valence-electron chi connectivity index (χ3n) is 2.55. The molecule has 10 heavy (non-hydrogen) atoms. The Balaban J connectivity index is 2.24. The number of quaternary nitrogens is 1. The van der Waals surface area contributed by atoms with E-state index in [2.05, 4.69) is 5.73 Å². The fourth-order valence-corrected chi connectivity index (χ4v) is 1.75. The van der Waals surface area contributed by atoms with Gasteiger partial charge in [-0.2, -0.15) is 0 Å². The van der Waals surface area contributed by atoms with Crippen molar-refractivity contribution in [1.29, 1.82) is 0 Å². The van der Waals surface area contributed by atoms with Crippen LogP contribution in [0.3, 0.4) is 0 Å². The van der Waals surface area contributed by atoms with Gasteiger partial charge in [0.25, 0.3) is 0 Å². The number of aliphatic hydroxyl groups excluding tert-OH is 1. The van der Waals surface area contributed by atoms with Crippen molar-refractivity contribution < 1.29 is 10.8 Å². The lowest BCUT2D eigenvalue weighted by molar-refractivity contribution is -0.440. The molecule has 0 aromatic rings. The smallest absolute Gasteiger partial charge is 0.111 e. The third-order valence-corrected chi connectivity index (χ3v) is 2.55. The van der Waals surface area contributed by atoms with Crippen molar-refractivity contribution in [2.75, 3.05) is 6.61 Å². The quantitative estimate of drug-likeness (QED) is 0.570. The maximum atomic E-state index is 8.82. The van der Waals surface area contributed by atoms with Crippen LogP contribution in [0.4, 0.5) is 0 Å². The van der Waals surface area contributed by atoms with Crippen LogP contribution < -0.4 is 5.73 Å². The summed E-state index contributed by atoms with van der Waals surface area (Å²) in [7, 11) is 0. The molecule has 0 amide bonds. The summed E-state index contributed by atoms with van der Waals surface area (Å²) < 4.78 is 0. The molecule has 2 nitrogen and oxygen atoms in total. The van der Waals surface area contributed by atoms with Crippen LogP contribution in [0.2, 0.25) is 0 Å². The SMILES string of the molecule is [NH3+][C@@H](CO)C1CCCCC1. The van der Waals surface area contributed by atoms with Gasteiger partial charge in [0.05, 0.1) is 6.61 Å². The molecule has 0 aromatic carbocycles. The Bertz CT molecular complexity index is 89.3. The lowest BCUT2D eigenvalue weighted by Gasteiger charge is -2.23. The molecule has 0 aromatic heterocycles. The Morgan fingerprint density at radius 2 is 1.90 bits per heavy atom. The number of aliphatic hydroxyl groups is 1. The van der Waals surface area contributed by atoms with Gasteiger partial charge < -0.3 is 10.8 Å². The Labute approximate surface area is 62.4 Å². The molecule has 1 aliphatic carbocycles. The first-order valence-electron chi connectivity index (χ1n) is 4.28. The molecular weight excluding hydrogens is 126 g/mol. The zero-order chi connectivity index (χ0) is 7.40. The molecule has 0 unspecified atom stereocenters. The summed E-state index contributed by atoms with van der Waals surface area (Å²) in [6, 6.07) is 0.292. The molecule has 0 radical (unpaired) electrons. The number of hydrogen-bond acceptors (Lipinski definition) is 1. The summed E-state index contributed by atoms with van der Waals surface area (Å²) in [5.74, 6) is 0.707. The average Bonchev–Trinajstić information content (AvgIpc) is 2.05. The summed E-state index contributed by atoms with van der Waals surface area (Å²) in [6.45, 7) is 0.269. The van der Waals surface area contributed by atoms with Crippen LogP contribution in [0.5, 0.6) is 0 Å². The minimum Gasteiger partial charge on any atom is -0.390 e. The molecule has 4 N–H and O–H groups in total. The van der Waals surface area contributed by atoms with Gasteiger partial charge in [-0.3, -0.25) is 0 Å². The van der Waals surface area contributed by atoms with Gasteiger partial charge in [-0.05, 0) is 12.8 Å². The average molecular weight is 144 g/mol. The Morgan fingerprint density at radius 3 is 2.40 bits per heavy atom. The first kappa shape index (κ1) is 8.02. The predicted molar refractivity (Wildman–Crippen MR) is 40.3 cm³/mol. The first-order valence-corrected chi connectivity index (χ1v) is 4.28. The van der Waals surface area contributed by atoms with E-state index < -0.39 is 0 Å². The molecule has 0 bridgehead atoms. The molecule has 0 spiro atoms. The zero-order valence-electron chi connectivity index (χ0n) is 6.55. The van der Waals surface area contributed by atoms with Gasteiger partial charge in [0.1, 0.15) is 6.04 Å². The Kier molecular flexibility index (Phi) is 3.16. The molecule has 1 saturated carbocycles. The lowest BCUT2D eigenvalue weighted by atomic mass is 9.85. The van der Waals surface area contributed by atoms with E-state index in [1.165, 1.54) is 32.1 Å². The van der Waals surface area contributed by atoms with Crippen molar-refractivity contribution in [2.24, 2.45) is 5.92 Å². The predicted octanol–water partition coefficient (Wildman–Crippen LogP) is 0.169. The molecule has 1 aliphatic rings. The monoisotopic (exact) mass is 144 g/mol. The van der Waals surface area contributed by atoms with Crippen molar-refractivity contribution >= 4 is 0 Å². The van der Waals surface area contributed by atoms with E-state index in [9.17, 15) is 0 Å². The standard InChI is InChI=1S/C8H17NO/c9-8(6-10)7-4-2-1-3-5-7/h7-8,10H,1-6,9H2/p+1/t8-/m0/s1. The van der Waals surface area contributed by atoms with Crippen molar-refractivity contribution in [3.05, 3.63) is 0 Å². The minimum atomic E-state index is 0.269. The Morgan fingerprint density at radius 1 is 1.30 bits per heavy atom. The minimum absolute atomic E-state index is 0.269. The molecule has 2 heteroatoms. The van der Waals surface area contributed by atoms with Gasteiger partial charge in [-0.25, -0.2) is 0 Å². The molecule has 0 aliphatic heterocycles. The molecule has 0 heterocycles. The van der Waals surface area contributed by atoms with Crippen LogP contribution in [0.15, 0.2) is 0 Å². The van der Waals surface area contributed by atoms with Gasteiger partial charge in [0.2, 0.25) is 0 Å². The largest absolute Gasteiger partial charge is 0.390 e. The molecular formula is C8H18NO+. The summed E-state index contributed by atoms with van der Waals surface area (Å²) in [6.07, 6.45) is 6.64. The lowest BCUT2D eigenvalue weighted by Crippen LogP contribution is -2.66. The topological polar surface area (TPSA) is 47.9 Å². The fourth-order valence-electron chi connectivity index (χ4n) is 1.75. The van der Waals surface area contributed by atoms with Crippen LogP contribution in [0.25, 0.3) is 0 Å². The van der Waals surface area contributed by atoms with Crippen LogP contribution in [-0.2, 0) is 0 Å².